The van der Waals surface area contributed by atoms with Gasteiger partial charge in [0.15, 0.2) is 0 Å². The first kappa shape index (κ1) is 11.5. The van der Waals surface area contributed by atoms with Gasteiger partial charge in [0.2, 0.25) is 0 Å². The number of thiol groups is 2. The van der Waals surface area contributed by atoms with Crippen LogP contribution in [-0.2, 0) is 0 Å². The maximum atomic E-state index is 4.36. The summed E-state index contributed by atoms with van der Waals surface area (Å²) in [6.45, 7) is 0. The number of benzene rings is 1. The van der Waals surface area contributed by atoms with E-state index in [1.165, 1.54) is 0 Å². The maximum Gasteiger partial charge on any atom is 0.0857 e. The number of hydrogen-bond acceptors (Lipinski definition) is 4. The second kappa shape index (κ2) is 4.89. The lowest BCUT2D eigenvalue weighted by molar-refractivity contribution is 0.970. The number of hydrogen-bond donors (Lipinski definition) is 2. The van der Waals surface area contributed by atoms with Crippen molar-refractivity contribution in [2.24, 2.45) is 10.2 Å². The normalized spacial score (nSPS) is 18.8. The molecule has 1 aliphatic rings. The lowest BCUT2D eigenvalue weighted by Crippen LogP contribution is -2.09. The quantitative estimate of drug-likeness (QED) is 0.446. The molecule has 0 atom stereocenters. The number of allylic oxidation sites excluding steroid dienone is 2. The summed E-state index contributed by atoms with van der Waals surface area (Å²) in [5, 5.41) is 8.28. The van der Waals surface area contributed by atoms with Crippen molar-refractivity contribution in [3.05, 3.63) is 54.3 Å². The fourth-order valence-electron chi connectivity index (χ4n) is 1.29. The first-order valence-corrected chi connectivity index (χ1v) is 5.86. The predicted molar refractivity (Wildman–Crippen MR) is 73.5 cm³/mol. The summed E-state index contributed by atoms with van der Waals surface area (Å²) >= 11 is 8.71. The van der Waals surface area contributed by atoms with Crippen LogP contribution in [0.2, 0.25) is 0 Å². The van der Waals surface area contributed by atoms with E-state index in [0.717, 1.165) is 17.8 Å². The zero-order valence-electron chi connectivity index (χ0n) is 8.61. The van der Waals surface area contributed by atoms with E-state index in [-0.39, 0.29) is 4.08 Å². The fraction of sp³-hybridized carbons (Fsp3) is 0.167. The Kier molecular flexibility index (Phi) is 3.51. The van der Waals surface area contributed by atoms with Crippen LogP contribution >= 0.6 is 25.3 Å². The van der Waals surface area contributed by atoms with Crippen LogP contribution in [0.25, 0.3) is 0 Å². The summed E-state index contributed by atoms with van der Waals surface area (Å²) in [5.41, 5.74) is 1.70. The van der Waals surface area contributed by atoms with Crippen molar-refractivity contribution in [2.45, 2.75) is 10.5 Å². The molecule has 1 aliphatic carbocycles. The molecule has 16 heavy (non-hydrogen) atoms. The van der Waals surface area contributed by atoms with Gasteiger partial charge in [-0.3, -0.25) is 0 Å². The molecule has 0 radical (unpaired) electrons. The van der Waals surface area contributed by atoms with Crippen LogP contribution in [0.4, 0.5) is 5.69 Å². The van der Waals surface area contributed by atoms with Gasteiger partial charge in [-0.2, -0.15) is 35.5 Å². The number of azo groups is 1. The van der Waals surface area contributed by atoms with Crippen LogP contribution < -0.4 is 0 Å². The summed E-state index contributed by atoms with van der Waals surface area (Å²) in [5.74, 6) is 0. The Hall–Kier alpha value is -1.00. The minimum atomic E-state index is -0.355. The van der Waals surface area contributed by atoms with Crippen molar-refractivity contribution >= 4 is 30.9 Å². The van der Waals surface area contributed by atoms with Crippen molar-refractivity contribution in [3.8, 4) is 0 Å². The Labute approximate surface area is 106 Å². The molecule has 0 spiro atoms. The number of rotatable bonds is 2. The molecule has 4 heteroatoms. The summed E-state index contributed by atoms with van der Waals surface area (Å²) in [6.07, 6.45) is 6.53. The van der Waals surface area contributed by atoms with E-state index in [1.54, 1.807) is 0 Å². The topological polar surface area (TPSA) is 24.7 Å². The average molecular weight is 248 g/mol. The lowest BCUT2D eigenvalue weighted by Gasteiger charge is -2.18. The second-order valence-electron chi connectivity index (χ2n) is 3.58. The van der Waals surface area contributed by atoms with E-state index in [2.05, 4.69) is 35.5 Å². The molecule has 0 aliphatic heterocycles. The highest BCUT2D eigenvalue weighted by Gasteiger charge is 2.17. The Morgan fingerprint density at radius 2 is 1.81 bits per heavy atom. The molecule has 0 amide bonds. The molecule has 0 unspecified atom stereocenters. The van der Waals surface area contributed by atoms with Crippen LogP contribution in [-0.4, -0.2) is 4.08 Å². The molecule has 0 bridgehead atoms. The van der Waals surface area contributed by atoms with Crippen LogP contribution in [0.5, 0.6) is 0 Å². The van der Waals surface area contributed by atoms with E-state index in [0.29, 0.717) is 0 Å². The Morgan fingerprint density at radius 1 is 1.06 bits per heavy atom. The monoisotopic (exact) mass is 248 g/mol. The minimum Gasteiger partial charge on any atom is -0.157 e. The zero-order chi connectivity index (χ0) is 11.4. The van der Waals surface area contributed by atoms with E-state index in [9.17, 15) is 0 Å². The zero-order valence-corrected chi connectivity index (χ0v) is 10.4. The van der Waals surface area contributed by atoms with Gasteiger partial charge in [-0.05, 0) is 24.6 Å². The van der Waals surface area contributed by atoms with E-state index in [4.69, 9.17) is 0 Å². The van der Waals surface area contributed by atoms with Crippen molar-refractivity contribution in [2.75, 3.05) is 0 Å². The first-order chi connectivity index (χ1) is 7.66. The third-order valence-electron chi connectivity index (χ3n) is 2.17. The van der Waals surface area contributed by atoms with Crippen molar-refractivity contribution in [1.29, 1.82) is 0 Å². The largest absolute Gasteiger partial charge is 0.157 e. The molecule has 1 aromatic carbocycles. The van der Waals surface area contributed by atoms with Gasteiger partial charge in [-0.25, -0.2) is 0 Å². The van der Waals surface area contributed by atoms with Gasteiger partial charge in [-0.1, -0.05) is 30.4 Å². The fourth-order valence-corrected chi connectivity index (χ4v) is 1.63. The lowest BCUT2D eigenvalue weighted by atomic mass is 10.1. The molecule has 0 N–H and O–H groups in total. The molecule has 0 fully saturated rings. The standard InChI is InChI=1S/C12H12N2S2/c15-12(16)8-6-11(7-9-12)14-13-10-4-2-1-3-5-10/h1-8,15-16H,9H2. The molecular formula is C12H12N2S2. The van der Waals surface area contributed by atoms with Crippen molar-refractivity contribution in [3.63, 3.8) is 0 Å². The smallest absolute Gasteiger partial charge is 0.0857 e. The number of nitrogens with zero attached hydrogens (tertiary/aromatic N) is 2. The maximum absolute atomic E-state index is 4.36. The second-order valence-corrected chi connectivity index (χ2v) is 5.53. The molecule has 0 aromatic heterocycles. The molecule has 1 aromatic rings. The van der Waals surface area contributed by atoms with E-state index < -0.39 is 0 Å². The van der Waals surface area contributed by atoms with Gasteiger partial charge in [0.25, 0.3) is 0 Å². The highest BCUT2D eigenvalue weighted by molar-refractivity contribution is 8.00. The average Bonchev–Trinajstić information content (AvgIpc) is 2.29. The molecule has 2 rings (SSSR count). The van der Waals surface area contributed by atoms with Crippen molar-refractivity contribution in [1.82, 2.24) is 0 Å². The highest BCUT2D eigenvalue weighted by atomic mass is 32.2. The molecule has 82 valence electrons. The third-order valence-corrected chi connectivity index (χ3v) is 2.83. The molecule has 0 saturated carbocycles. The Bertz CT molecular complexity index is 447. The van der Waals surface area contributed by atoms with Gasteiger partial charge in [0.1, 0.15) is 0 Å². The van der Waals surface area contributed by atoms with Gasteiger partial charge in [-0.15, -0.1) is 0 Å². The third kappa shape index (κ3) is 3.25. The van der Waals surface area contributed by atoms with Gasteiger partial charge in [0.05, 0.1) is 15.5 Å². The first-order valence-electron chi connectivity index (χ1n) is 4.97. The summed E-state index contributed by atoms with van der Waals surface area (Å²) in [7, 11) is 0. The SMILES string of the molecule is SC1(S)C=CC(N=Nc2ccccc2)=CC1. The Morgan fingerprint density at radius 3 is 2.44 bits per heavy atom. The van der Waals surface area contributed by atoms with Crippen LogP contribution in [0.1, 0.15) is 6.42 Å². The summed E-state index contributed by atoms with van der Waals surface area (Å²) in [4.78, 5) is 0. The van der Waals surface area contributed by atoms with Crippen LogP contribution in [0, 0.1) is 0 Å². The minimum absolute atomic E-state index is 0.355. The van der Waals surface area contributed by atoms with E-state index >= 15 is 0 Å². The van der Waals surface area contributed by atoms with Crippen LogP contribution in [0.15, 0.2) is 64.5 Å². The van der Waals surface area contributed by atoms with Gasteiger partial charge >= 0.3 is 0 Å². The highest BCUT2D eigenvalue weighted by Crippen LogP contribution is 2.31. The molecule has 0 saturated heterocycles. The van der Waals surface area contributed by atoms with Gasteiger partial charge < -0.3 is 0 Å². The van der Waals surface area contributed by atoms with Crippen LogP contribution in [0.3, 0.4) is 0 Å². The summed E-state index contributed by atoms with van der Waals surface area (Å²) < 4.78 is -0.355. The molecular weight excluding hydrogens is 236 g/mol. The van der Waals surface area contributed by atoms with Gasteiger partial charge in [0, 0.05) is 0 Å². The van der Waals surface area contributed by atoms with Crippen molar-refractivity contribution < 1.29 is 0 Å². The Balaban J connectivity index is 2.05. The van der Waals surface area contributed by atoms with E-state index in [1.807, 2.05) is 48.6 Å². The molecule has 0 heterocycles. The predicted octanol–water partition coefficient (Wildman–Crippen LogP) is 4.17. The summed E-state index contributed by atoms with van der Waals surface area (Å²) in [6, 6.07) is 9.66. The molecule has 2 nitrogen and oxygen atoms in total.